The van der Waals surface area contributed by atoms with Gasteiger partial charge in [0, 0.05) is 31.2 Å². The Hall–Kier alpha value is -0.730. The first kappa shape index (κ1) is 14.7. The first-order valence-corrected chi connectivity index (χ1v) is 7.68. The fourth-order valence-corrected chi connectivity index (χ4v) is 3.22. The molecule has 1 aromatic carbocycles. The summed E-state index contributed by atoms with van der Waals surface area (Å²) in [5.74, 6) is 1.45. The summed E-state index contributed by atoms with van der Waals surface area (Å²) in [6.45, 7) is 5.66. The Bertz CT molecular complexity index is 409. The van der Waals surface area contributed by atoms with Crippen LogP contribution in [0.2, 0.25) is 0 Å². The van der Waals surface area contributed by atoms with Gasteiger partial charge < -0.3 is 9.80 Å². The molecule has 0 atom stereocenters. The lowest BCUT2D eigenvalue weighted by Crippen LogP contribution is -2.37. The lowest BCUT2D eigenvalue weighted by molar-refractivity contribution is 0.285. The van der Waals surface area contributed by atoms with Gasteiger partial charge in [0.1, 0.15) is 0 Å². The van der Waals surface area contributed by atoms with E-state index < -0.39 is 0 Å². The number of nitrogens with zero attached hydrogens (tertiary/aromatic N) is 2. The van der Waals surface area contributed by atoms with E-state index in [9.17, 15) is 0 Å². The number of aryl methyl sites for hydroxylation is 1. The molecule has 0 amide bonds. The second-order valence-corrected chi connectivity index (χ2v) is 6.23. The number of hydrogen-bond acceptors (Lipinski definition) is 2. The third-order valence-corrected chi connectivity index (χ3v) is 4.25. The van der Waals surface area contributed by atoms with Crippen molar-refractivity contribution in [3.63, 3.8) is 0 Å². The van der Waals surface area contributed by atoms with E-state index in [-0.39, 0.29) is 0 Å². The Morgan fingerprint density at radius 1 is 1.26 bits per heavy atom. The van der Waals surface area contributed by atoms with Gasteiger partial charge in [0.05, 0.1) is 0 Å². The van der Waals surface area contributed by atoms with Crippen LogP contribution in [0.3, 0.4) is 0 Å². The molecule has 0 saturated carbocycles. The minimum absolute atomic E-state index is 0.606. The first-order chi connectivity index (χ1) is 9.10. The average molecular weight is 281 g/mol. The maximum atomic E-state index is 6.09. The molecule has 1 saturated heterocycles. The topological polar surface area (TPSA) is 6.48 Å². The number of rotatable bonds is 4. The molecule has 0 N–H and O–H groups in total. The van der Waals surface area contributed by atoms with Gasteiger partial charge in [0.2, 0.25) is 0 Å². The summed E-state index contributed by atoms with van der Waals surface area (Å²) in [5, 5.41) is 0. The van der Waals surface area contributed by atoms with Crippen molar-refractivity contribution < 1.29 is 0 Å². The molecule has 0 unspecified atom stereocenters. The molecule has 0 aromatic heterocycles. The molecule has 1 heterocycles. The number of benzene rings is 1. The van der Waals surface area contributed by atoms with Crippen LogP contribution in [-0.2, 0) is 5.88 Å². The lowest BCUT2D eigenvalue weighted by atomic mass is 9.95. The van der Waals surface area contributed by atoms with Crippen LogP contribution in [0.4, 0.5) is 5.69 Å². The molecule has 2 rings (SSSR count). The van der Waals surface area contributed by atoms with Gasteiger partial charge in [-0.15, -0.1) is 11.6 Å². The Kier molecular flexibility index (Phi) is 5.12. The van der Waals surface area contributed by atoms with E-state index in [2.05, 4.69) is 49.0 Å². The molecule has 2 nitrogen and oxygen atoms in total. The molecular formula is C16H25ClN2. The smallest absolute Gasteiger partial charge is 0.0494 e. The fraction of sp³-hybridized carbons (Fsp3) is 0.625. The third-order valence-electron chi connectivity index (χ3n) is 3.96. The van der Waals surface area contributed by atoms with Crippen LogP contribution >= 0.6 is 11.6 Å². The van der Waals surface area contributed by atoms with Gasteiger partial charge in [-0.1, -0.05) is 17.7 Å². The van der Waals surface area contributed by atoms with Crippen molar-refractivity contribution in [3.8, 4) is 0 Å². The van der Waals surface area contributed by atoms with Crippen LogP contribution in [0.15, 0.2) is 18.2 Å². The molecular weight excluding hydrogens is 256 g/mol. The zero-order chi connectivity index (χ0) is 13.8. The van der Waals surface area contributed by atoms with E-state index in [0.29, 0.717) is 5.88 Å². The lowest BCUT2D eigenvalue weighted by Gasteiger charge is -2.35. The van der Waals surface area contributed by atoms with Gasteiger partial charge in [0.15, 0.2) is 0 Å². The van der Waals surface area contributed by atoms with E-state index in [1.807, 2.05) is 0 Å². The third kappa shape index (κ3) is 3.87. The molecule has 1 fully saturated rings. The molecule has 106 valence electrons. The second-order valence-electron chi connectivity index (χ2n) is 5.96. The molecule has 0 aliphatic carbocycles. The zero-order valence-electron chi connectivity index (χ0n) is 12.3. The highest BCUT2D eigenvalue weighted by Gasteiger charge is 2.21. The van der Waals surface area contributed by atoms with E-state index in [4.69, 9.17) is 11.6 Å². The van der Waals surface area contributed by atoms with Crippen molar-refractivity contribution >= 4 is 17.3 Å². The normalized spacial score (nSPS) is 17.2. The highest BCUT2D eigenvalue weighted by Crippen LogP contribution is 2.28. The highest BCUT2D eigenvalue weighted by molar-refractivity contribution is 6.17. The Labute approximate surface area is 122 Å². The summed E-state index contributed by atoms with van der Waals surface area (Å²) in [7, 11) is 4.33. The summed E-state index contributed by atoms with van der Waals surface area (Å²) in [6.07, 6.45) is 2.57. The van der Waals surface area contributed by atoms with Crippen LogP contribution in [0.5, 0.6) is 0 Å². The Morgan fingerprint density at radius 3 is 2.53 bits per heavy atom. The van der Waals surface area contributed by atoms with Crippen LogP contribution in [-0.4, -0.2) is 38.6 Å². The van der Waals surface area contributed by atoms with Crippen LogP contribution in [0.25, 0.3) is 0 Å². The maximum Gasteiger partial charge on any atom is 0.0494 e. The maximum absolute atomic E-state index is 6.09. The zero-order valence-corrected chi connectivity index (χ0v) is 13.1. The molecule has 19 heavy (non-hydrogen) atoms. The van der Waals surface area contributed by atoms with E-state index in [1.54, 1.807) is 0 Å². The van der Waals surface area contributed by atoms with Gasteiger partial charge in [-0.25, -0.2) is 0 Å². The first-order valence-electron chi connectivity index (χ1n) is 7.15. The summed E-state index contributed by atoms with van der Waals surface area (Å²) in [6, 6.07) is 6.64. The molecule has 1 aliphatic heterocycles. The minimum Gasteiger partial charge on any atom is -0.371 e. The summed E-state index contributed by atoms with van der Waals surface area (Å²) < 4.78 is 0. The van der Waals surface area contributed by atoms with Crippen LogP contribution in [0.1, 0.15) is 24.0 Å². The van der Waals surface area contributed by atoms with Gasteiger partial charge in [-0.05, 0) is 51.4 Å². The van der Waals surface area contributed by atoms with Crippen molar-refractivity contribution in [2.45, 2.75) is 25.6 Å². The highest BCUT2D eigenvalue weighted by atomic mass is 35.5. The summed E-state index contributed by atoms with van der Waals surface area (Å²) >= 11 is 6.09. The Morgan fingerprint density at radius 2 is 1.95 bits per heavy atom. The largest absolute Gasteiger partial charge is 0.371 e. The monoisotopic (exact) mass is 280 g/mol. The van der Waals surface area contributed by atoms with Gasteiger partial charge >= 0.3 is 0 Å². The predicted octanol–water partition coefficient (Wildman–Crippen LogP) is 3.51. The average Bonchev–Trinajstić information content (AvgIpc) is 2.39. The summed E-state index contributed by atoms with van der Waals surface area (Å²) in [5.41, 5.74) is 3.90. The molecule has 1 aliphatic rings. The SMILES string of the molecule is Cc1ccc(N2CCC(CN(C)C)CC2)c(CCl)c1. The van der Waals surface area contributed by atoms with E-state index in [1.165, 1.54) is 36.2 Å². The standard InChI is InChI=1S/C16H25ClN2/c1-13-4-5-16(15(10-13)11-17)19-8-6-14(7-9-19)12-18(2)3/h4-5,10,14H,6-9,11-12H2,1-3H3. The quantitative estimate of drug-likeness (QED) is 0.779. The predicted molar refractivity (Wildman–Crippen MR) is 84.2 cm³/mol. The van der Waals surface area contributed by atoms with Crippen molar-refractivity contribution in [2.24, 2.45) is 5.92 Å². The van der Waals surface area contributed by atoms with E-state index >= 15 is 0 Å². The summed E-state index contributed by atoms with van der Waals surface area (Å²) in [4.78, 5) is 4.81. The molecule has 0 radical (unpaired) electrons. The molecule has 0 spiro atoms. The van der Waals surface area contributed by atoms with Gasteiger partial charge in [-0.2, -0.15) is 0 Å². The van der Waals surface area contributed by atoms with Crippen molar-refractivity contribution in [1.82, 2.24) is 4.90 Å². The molecule has 3 heteroatoms. The van der Waals surface area contributed by atoms with Gasteiger partial charge in [-0.3, -0.25) is 0 Å². The fourth-order valence-electron chi connectivity index (χ4n) is 3.00. The van der Waals surface area contributed by atoms with Gasteiger partial charge in [0.25, 0.3) is 0 Å². The van der Waals surface area contributed by atoms with Crippen LogP contribution < -0.4 is 4.90 Å². The van der Waals surface area contributed by atoms with Crippen molar-refractivity contribution in [1.29, 1.82) is 0 Å². The number of halogens is 1. The molecule has 0 bridgehead atoms. The second kappa shape index (κ2) is 6.62. The number of alkyl halides is 1. The Balaban J connectivity index is 2.01. The number of piperidine rings is 1. The number of hydrogen-bond donors (Lipinski definition) is 0. The van der Waals surface area contributed by atoms with Crippen molar-refractivity contribution in [2.75, 3.05) is 38.6 Å². The van der Waals surface area contributed by atoms with Crippen molar-refractivity contribution in [3.05, 3.63) is 29.3 Å². The van der Waals surface area contributed by atoms with Crippen LogP contribution in [0, 0.1) is 12.8 Å². The van der Waals surface area contributed by atoms with E-state index in [0.717, 1.165) is 19.0 Å². The molecule has 1 aromatic rings. The minimum atomic E-state index is 0.606. The number of anilines is 1.